The molecule has 0 aromatic heterocycles. The molecule has 0 aliphatic heterocycles. The molecule has 1 heteroatoms. The van der Waals surface area contributed by atoms with Crippen LogP contribution >= 0.6 is 0 Å². The van der Waals surface area contributed by atoms with Crippen molar-refractivity contribution in [3.8, 4) is 0 Å². The quantitative estimate of drug-likeness (QED) is 0.619. The van der Waals surface area contributed by atoms with Gasteiger partial charge < -0.3 is 4.74 Å². The fourth-order valence-corrected chi connectivity index (χ4v) is 2.39. The van der Waals surface area contributed by atoms with Crippen molar-refractivity contribution < 1.29 is 4.74 Å². The van der Waals surface area contributed by atoms with Crippen LogP contribution in [0.5, 0.6) is 0 Å². The van der Waals surface area contributed by atoms with E-state index in [2.05, 4.69) is 20.8 Å². The van der Waals surface area contributed by atoms with Crippen molar-refractivity contribution in [3.63, 3.8) is 0 Å². The highest BCUT2D eigenvalue weighted by molar-refractivity contribution is 4.80. The van der Waals surface area contributed by atoms with E-state index in [0.717, 1.165) is 17.8 Å². The standard InChI is InChI=1S/C11H22O/c1-8(2)10-6-5-9(3)7-11(10)12-4/h8-11H,5-7H2,1-4H3/t9?,10-,11?/m0/s1. The van der Waals surface area contributed by atoms with Crippen molar-refractivity contribution in [1.82, 2.24) is 0 Å². The molecule has 72 valence electrons. The van der Waals surface area contributed by atoms with Gasteiger partial charge in [-0.3, -0.25) is 0 Å². The van der Waals surface area contributed by atoms with Gasteiger partial charge in [-0.25, -0.2) is 0 Å². The maximum absolute atomic E-state index is 5.54. The maximum Gasteiger partial charge on any atom is 0.0604 e. The molecular weight excluding hydrogens is 148 g/mol. The van der Waals surface area contributed by atoms with Crippen molar-refractivity contribution >= 4 is 0 Å². The van der Waals surface area contributed by atoms with Crippen LogP contribution in [0.3, 0.4) is 0 Å². The van der Waals surface area contributed by atoms with Gasteiger partial charge >= 0.3 is 0 Å². The first kappa shape index (κ1) is 10.0. The SMILES string of the molecule is COC1CC(C)CC[C@H]1C(C)C. The second-order valence-corrected chi connectivity index (χ2v) is 4.60. The van der Waals surface area contributed by atoms with Crippen LogP contribution < -0.4 is 0 Å². The van der Waals surface area contributed by atoms with Crippen LogP contribution in [0.2, 0.25) is 0 Å². The van der Waals surface area contributed by atoms with E-state index in [-0.39, 0.29) is 0 Å². The van der Waals surface area contributed by atoms with E-state index >= 15 is 0 Å². The predicted octanol–water partition coefficient (Wildman–Crippen LogP) is 3.09. The van der Waals surface area contributed by atoms with Crippen LogP contribution in [0.15, 0.2) is 0 Å². The summed E-state index contributed by atoms with van der Waals surface area (Å²) in [6.45, 7) is 6.96. The molecule has 0 aromatic rings. The third-order valence-corrected chi connectivity index (χ3v) is 3.26. The number of hydrogen-bond donors (Lipinski definition) is 0. The van der Waals surface area contributed by atoms with Crippen LogP contribution in [0.4, 0.5) is 0 Å². The first-order chi connectivity index (χ1) is 5.65. The zero-order chi connectivity index (χ0) is 9.14. The minimum atomic E-state index is 0.522. The second kappa shape index (κ2) is 4.27. The topological polar surface area (TPSA) is 9.23 Å². The molecule has 0 heterocycles. The van der Waals surface area contributed by atoms with E-state index in [1.807, 2.05) is 7.11 Å². The summed E-state index contributed by atoms with van der Waals surface area (Å²) in [7, 11) is 1.86. The van der Waals surface area contributed by atoms with Crippen molar-refractivity contribution in [2.24, 2.45) is 17.8 Å². The summed E-state index contributed by atoms with van der Waals surface area (Å²) in [5, 5.41) is 0. The van der Waals surface area contributed by atoms with Gasteiger partial charge in [0, 0.05) is 7.11 Å². The highest BCUT2D eigenvalue weighted by Gasteiger charge is 2.30. The zero-order valence-electron chi connectivity index (χ0n) is 8.84. The molecule has 1 aliphatic rings. The summed E-state index contributed by atoms with van der Waals surface area (Å²) >= 11 is 0. The summed E-state index contributed by atoms with van der Waals surface area (Å²) in [6.07, 6.45) is 4.54. The first-order valence-electron chi connectivity index (χ1n) is 5.18. The van der Waals surface area contributed by atoms with Gasteiger partial charge in [0.05, 0.1) is 6.10 Å². The molecule has 0 radical (unpaired) electrons. The Kier molecular flexibility index (Phi) is 3.57. The van der Waals surface area contributed by atoms with Gasteiger partial charge in [-0.15, -0.1) is 0 Å². The van der Waals surface area contributed by atoms with Crippen molar-refractivity contribution in [3.05, 3.63) is 0 Å². The average Bonchev–Trinajstić information content (AvgIpc) is 2.03. The van der Waals surface area contributed by atoms with E-state index in [0.29, 0.717) is 6.10 Å². The smallest absolute Gasteiger partial charge is 0.0604 e. The molecule has 3 atom stereocenters. The molecule has 1 saturated carbocycles. The first-order valence-corrected chi connectivity index (χ1v) is 5.18. The van der Waals surface area contributed by atoms with Gasteiger partial charge in [-0.2, -0.15) is 0 Å². The molecule has 1 rings (SSSR count). The molecule has 0 aromatic carbocycles. The predicted molar refractivity (Wildman–Crippen MR) is 52.1 cm³/mol. The highest BCUT2D eigenvalue weighted by atomic mass is 16.5. The van der Waals surface area contributed by atoms with Crippen LogP contribution in [-0.2, 0) is 4.74 Å². The van der Waals surface area contributed by atoms with Crippen LogP contribution in [-0.4, -0.2) is 13.2 Å². The van der Waals surface area contributed by atoms with E-state index in [4.69, 9.17) is 4.74 Å². The van der Waals surface area contributed by atoms with E-state index in [9.17, 15) is 0 Å². The van der Waals surface area contributed by atoms with Gasteiger partial charge in [0.15, 0.2) is 0 Å². The molecule has 0 amide bonds. The monoisotopic (exact) mass is 170 g/mol. The maximum atomic E-state index is 5.54. The lowest BCUT2D eigenvalue weighted by molar-refractivity contribution is -0.00982. The minimum Gasteiger partial charge on any atom is -0.381 e. The van der Waals surface area contributed by atoms with E-state index in [1.54, 1.807) is 0 Å². The Morgan fingerprint density at radius 3 is 2.42 bits per heavy atom. The Bertz CT molecular complexity index is 131. The van der Waals surface area contributed by atoms with Gasteiger partial charge in [0.1, 0.15) is 0 Å². The summed E-state index contributed by atoms with van der Waals surface area (Å²) in [4.78, 5) is 0. The molecule has 1 aliphatic carbocycles. The van der Waals surface area contributed by atoms with Gasteiger partial charge in [0.25, 0.3) is 0 Å². The molecule has 0 bridgehead atoms. The summed E-state index contributed by atoms with van der Waals surface area (Å²) in [5.74, 6) is 2.44. The summed E-state index contributed by atoms with van der Waals surface area (Å²) in [5.41, 5.74) is 0. The third-order valence-electron chi connectivity index (χ3n) is 3.26. The second-order valence-electron chi connectivity index (χ2n) is 4.60. The summed E-state index contributed by atoms with van der Waals surface area (Å²) < 4.78 is 5.54. The van der Waals surface area contributed by atoms with Crippen molar-refractivity contribution in [1.29, 1.82) is 0 Å². The Morgan fingerprint density at radius 1 is 1.25 bits per heavy atom. The summed E-state index contributed by atoms with van der Waals surface area (Å²) in [6, 6.07) is 0. The van der Waals surface area contributed by atoms with E-state index in [1.165, 1.54) is 19.3 Å². The van der Waals surface area contributed by atoms with E-state index < -0.39 is 0 Å². The fourth-order valence-electron chi connectivity index (χ4n) is 2.39. The number of rotatable bonds is 2. The number of ether oxygens (including phenoxy) is 1. The third kappa shape index (κ3) is 2.22. The largest absolute Gasteiger partial charge is 0.381 e. The lowest BCUT2D eigenvalue weighted by atomic mass is 9.75. The van der Waals surface area contributed by atoms with Crippen LogP contribution in [0.1, 0.15) is 40.0 Å². The number of methoxy groups -OCH3 is 1. The zero-order valence-corrected chi connectivity index (χ0v) is 8.84. The Balaban J connectivity index is 2.50. The van der Waals surface area contributed by atoms with Crippen molar-refractivity contribution in [2.45, 2.75) is 46.1 Å². The van der Waals surface area contributed by atoms with Crippen molar-refractivity contribution in [2.75, 3.05) is 7.11 Å². The lowest BCUT2D eigenvalue weighted by Crippen LogP contribution is -2.33. The lowest BCUT2D eigenvalue weighted by Gasteiger charge is -2.36. The van der Waals surface area contributed by atoms with Gasteiger partial charge in [-0.1, -0.05) is 27.2 Å². The molecule has 1 fully saturated rings. The molecular formula is C11H22O. The van der Waals surface area contributed by atoms with Gasteiger partial charge in [0.2, 0.25) is 0 Å². The average molecular weight is 170 g/mol. The molecule has 0 spiro atoms. The van der Waals surface area contributed by atoms with Gasteiger partial charge in [-0.05, 0) is 30.6 Å². The molecule has 1 nitrogen and oxygen atoms in total. The Hall–Kier alpha value is -0.0400. The van der Waals surface area contributed by atoms with Crippen LogP contribution in [0, 0.1) is 17.8 Å². The Morgan fingerprint density at radius 2 is 1.92 bits per heavy atom. The fraction of sp³-hybridized carbons (Fsp3) is 1.00. The molecule has 0 N–H and O–H groups in total. The Labute approximate surface area is 76.5 Å². The normalized spacial score (nSPS) is 37.2. The van der Waals surface area contributed by atoms with Crippen LogP contribution in [0.25, 0.3) is 0 Å². The molecule has 2 unspecified atom stereocenters. The highest BCUT2D eigenvalue weighted by Crippen LogP contribution is 2.34. The molecule has 0 saturated heterocycles. The minimum absolute atomic E-state index is 0.522. The number of hydrogen-bond acceptors (Lipinski definition) is 1. The molecule has 12 heavy (non-hydrogen) atoms.